The second-order valence-corrected chi connectivity index (χ2v) is 6.34. The Balaban J connectivity index is 2.06. The Morgan fingerprint density at radius 2 is 2.26 bits per heavy atom. The molecule has 2 atom stereocenters. The Bertz CT molecular complexity index is 561. The maximum atomic E-state index is 11.0. The van der Waals surface area contributed by atoms with Gasteiger partial charge in [0, 0.05) is 5.25 Å². The molecule has 0 fully saturated rings. The Labute approximate surface area is 115 Å². The average molecular weight is 279 g/mol. The third kappa shape index (κ3) is 3.27. The number of para-hydroxylation sites is 2. The smallest absolute Gasteiger partial charge is 0.323 e. The van der Waals surface area contributed by atoms with E-state index in [2.05, 4.69) is 9.97 Å². The Hall–Kier alpha value is -1.53. The number of rotatable bonds is 5. The quantitative estimate of drug-likeness (QED) is 0.730. The van der Waals surface area contributed by atoms with Gasteiger partial charge in [-0.1, -0.05) is 30.8 Å². The van der Waals surface area contributed by atoms with Crippen molar-refractivity contribution >= 4 is 28.8 Å². The highest BCUT2D eigenvalue weighted by atomic mass is 32.2. The van der Waals surface area contributed by atoms with Crippen molar-refractivity contribution in [1.82, 2.24) is 9.97 Å². The third-order valence-electron chi connectivity index (χ3n) is 2.88. The zero-order chi connectivity index (χ0) is 14.0. The zero-order valence-corrected chi connectivity index (χ0v) is 11.7. The molecule has 4 N–H and O–H groups in total. The highest BCUT2D eigenvalue weighted by Crippen LogP contribution is 2.27. The maximum Gasteiger partial charge on any atom is 0.323 e. The first-order valence-electron chi connectivity index (χ1n) is 6.02. The van der Waals surface area contributed by atoms with Crippen LogP contribution in [-0.4, -0.2) is 31.8 Å². The average Bonchev–Trinajstić information content (AvgIpc) is 2.69. The molecule has 2 rings (SSSR count). The van der Waals surface area contributed by atoms with E-state index in [0.29, 0.717) is 6.42 Å². The number of H-pyrrole nitrogens is 1. The maximum absolute atomic E-state index is 11.0. The van der Waals surface area contributed by atoms with E-state index in [0.717, 1.165) is 16.2 Å². The van der Waals surface area contributed by atoms with Crippen LogP contribution in [0.15, 0.2) is 29.4 Å². The number of benzene rings is 1. The lowest BCUT2D eigenvalue weighted by Crippen LogP contribution is -2.46. The molecule has 0 saturated heterocycles. The number of aromatic nitrogens is 2. The molecule has 1 heterocycles. The molecule has 0 aliphatic heterocycles. The predicted molar refractivity (Wildman–Crippen MR) is 76.3 cm³/mol. The summed E-state index contributed by atoms with van der Waals surface area (Å²) >= 11 is 1.50. The molecule has 5 nitrogen and oxygen atoms in total. The van der Waals surface area contributed by atoms with Gasteiger partial charge in [0.15, 0.2) is 5.16 Å². The number of carboxylic acids is 1. The molecule has 6 heteroatoms. The fourth-order valence-corrected chi connectivity index (χ4v) is 3.03. The zero-order valence-electron chi connectivity index (χ0n) is 10.9. The molecule has 19 heavy (non-hydrogen) atoms. The molecule has 2 unspecified atom stereocenters. The minimum Gasteiger partial charge on any atom is -0.480 e. The van der Waals surface area contributed by atoms with Crippen LogP contribution in [0.2, 0.25) is 0 Å². The van der Waals surface area contributed by atoms with Crippen molar-refractivity contribution in [3.63, 3.8) is 0 Å². The van der Waals surface area contributed by atoms with Crippen molar-refractivity contribution in [1.29, 1.82) is 0 Å². The Morgan fingerprint density at radius 3 is 2.89 bits per heavy atom. The van der Waals surface area contributed by atoms with E-state index in [-0.39, 0.29) is 5.25 Å². The number of aliphatic carboxylic acids is 1. The topological polar surface area (TPSA) is 92.0 Å². The lowest BCUT2D eigenvalue weighted by Gasteiger charge is -2.22. The van der Waals surface area contributed by atoms with Crippen LogP contribution in [0.3, 0.4) is 0 Å². The lowest BCUT2D eigenvalue weighted by atomic mass is 9.98. The molecule has 0 amide bonds. The van der Waals surface area contributed by atoms with E-state index in [4.69, 9.17) is 10.8 Å². The van der Waals surface area contributed by atoms with Crippen molar-refractivity contribution in [2.75, 3.05) is 0 Å². The molecule has 2 aromatic rings. The SMILES string of the molecule is CC(CC(C)(N)C(=O)O)Sc1nc2ccccc2[nH]1. The second-order valence-electron chi connectivity index (χ2n) is 4.91. The summed E-state index contributed by atoms with van der Waals surface area (Å²) in [6.07, 6.45) is 0.379. The Kier molecular flexibility index (Phi) is 3.82. The van der Waals surface area contributed by atoms with Gasteiger partial charge < -0.3 is 15.8 Å². The molecule has 0 aliphatic rings. The number of carboxylic acid groups (broad SMARTS) is 1. The predicted octanol–water partition coefficient (Wildman–Crippen LogP) is 2.24. The molecule has 1 aromatic heterocycles. The fourth-order valence-electron chi connectivity index (χ4n) is 1.90. The van der Waals surface area contributed by atoms with Crippen molar-refractivity contribution in [3.05, 3.63) is 24.3 Å². The van der Waals surface area contributed by atoms with Gasteiger partial charge in [0.1, 0.15) is 5.54 Å². The monoisotopic (exact) mass is 279 g/mol. The second kappa shape index (κ2) is 5.22. The van der Waals surface area contributed by atoms with Crippen LogP contribution < -0.4 is 5.73 Å². The molecule has 0 radical (unpaired) electrons. The molecule has 0 aliphatic carbocycles. The van der Waals surface area contributed by atoms with E-state index in [1.165, 1.54) is 18.7 Å². The van der Waals surface area contributed by atoms with Gasteiger partial charge in [0.2, 0.25) is 0 Å². The van der Waals surface area contributed by atoms with E-state index >= 15 is 0 Å². The van der Waals surface area contributed by atoms with E-state index < -0.39 is 11.5 Å². The van der Waals surface area contributed by atoms with Crippen LogP contribution in [-0.2, 0) is 4.79 Å². The normalized spacial score (nSPS) is 16.2. The lowest BCUT2D eigenvalue weighted by molar-refractivity contribution is -0.142. The molecule has 0 saturated carbocycles. The minimum atomic E-state index is -1.21. The first-order chi connectivity index (χ1) is 8.88. The van der Waals surface area contributed by atoms with Crippen LogP contribution in [0.5, 0.6) is 0 Å². The highest BCUT2D eigenvalue weighted by molar-refractivity contribution is 7.99. The fraction of sp³-hybridized carbons (Fsp3) is 0.385. The standard InChI is InChI=1S/C13H17N3O2S/c1-8(7-13(2,14)11(17)18)19-12-15-9-5-3-4-6-10(9)16-12/h3-6,8H,7,14H2,1-2H3,(H,15,16)(H,17,18). The largest absolute Gasteiger partial charge is 0.480 e. The van der Waals surface area contributed by atoms with Gasteiger partial charge in [0.25, 0.3) is 0 Å². The number of nitrogens with one attached hydrogen (secondary N) is 1. The first kappa shape index (κ1) is 13.9. The van der Waals surface area contributed by atoms with Crippen molar-refractivity contribution in [2.45, 2.75) is 36.2 Å². The number of nitrogens with zero attached hydrogens (tertiary/aromatic N) is 1. The van der Waals surface area contributed by atoms with Crippen LogP contribution in [0.4, 0.5) is 0 Å². The first-order valence-corrected chi connectivity index (χ1v) is 6.90. The number of thioether (sulfide) groups is 1. The molecule has 102 valence electrons. The van der Waals surface area contributed by atoms with Gasteiger partial charge in [-0.25, -0.2) is 4.98 Å². The minimum absolute atomic E-state index is 0.0617. The number of nitrogens with two attached hydrogens (primary N) is 1. The summed E-state index contributed by atoms with van der Waals surface area (Å²) in [6.45, 7) is 3.48. The van der Waals surface area contributed by atoms with Gasteiger partial charge in [0.05, 0.1) is 11.0 Å². The number of fused-ring (bicyclic) bond motifs is 1. The van der Waals surface area contributed by atoms with Gasteiger partial charge in [-0.15, -0.1) is 0 Å². The Morgan fingerprint density at radius 1 is 1.58 bits per heavy atom. The summed E-state index contributed by atoms with van der Waals surface area (Å²) in [5, 5.41) is 9.86. The van der Waals surface area contributed by atoms with Gasteiger partial charge in [-0.3, -0.25) is 4.79 Å². The van der Waals surface area contributed by atoms with E-state index in [9.17, 15) is 4.79 Å². The summed E-state index contributed by atoms with van der Waals surface area (Å²) in [4.78, 5) is 18.6. The molecular weight excluding hydrogens is 262 g/mol. The van der Waals surface area contributed by atoms with E-state index in [1.54, 1.807) is 0 Å². The number of imidazole rings is 1. The van der Waals surface area contributed by atoms with Gasteiger partial charge in [-0.05, 0) is 25.5 Å². The van der Waals surface area contributed by atoms with Crippen LogP contribution >= 0.6 is 11.8 Å². The van der Waals surface area contributed by atoms with E-state index in [1.807, 2.05) is 31.2 Å². The molecular formula is C13H17N3O2S. The summed E-state index contributed by atoms with van der Waals surface area (Å²) in [5.41, 5.74) is 6.42. The number of aromatic amines is 1. The molecule has 1 aromatic carbocycles. The summed E-state index contributed by atoms with van der Waals surface area (Å²) in [6, 6.07) is 7.77. The summed E-state index contributed by atoms with van der Waals surface area (Å²) in [5.74, 6) is -0.982. The summed E-state index contributed by atoms with van der Waals surface area (Å²) < 4.78 is 0. The summed E-state index contributed by atoms with van der Waals surface area (Å²) in [7, 11) is 0. The van der Waals surface area contributed by atoms with Crippen LogP contribution in [0.25, 0.3) is 11.0 Å². The van der Waals surface area contributed by atoms with Gasteiger partial charge in [-0.2, -0.15) is 0 Å². The highest BCUT2D eigenvalue weighted by Gasteiger charge is 2.30. The van der Waals surface area contributed by atoms with Crippen molar-refractivity contribution < 1.29 is 9.90 Å². The number of carbonyl (C=O) groups is 1. The number of hydrogen-bond acceptors (Lipinski definition) is 4. The third-order valence-corrected chi connectivity index (χ3v) is 3.87. The number of hydrogen-bond donors (Lipinski definition) is 3. The molecule has 0 bridgehead atoms. The van der Waals surface area contributed by atoms with Crippen LogP contribution in [0, 0.1) is 0 Å². The molecule has 0 spiro atoms. The van der Waals surface area contributed by atoms with Crippen molar-refractivity contribution in [3.8, 4) is 0 Å². The van der Waals surface area contributed by atoms with Gasteiger partial charge >= 0.3 is 5.97 Å². The van der Waals surface area contributed by atoms with Crippen molar-refractivity contribution in [2.24, 2.45) is 5.73 Å². The van der Waals surface area contributed by atoms with Crippen LogP contribution in [0.1, 0.15) is 20.3 Å².